The van der Waals surface area contributed by atoms with Gasteiger partial charge < -0.3 is 10.6 Å². The molecular weight excluding hydrogens is 364 g/mol. The van der Waals surface area contributed by atoms with Crippen LogP contribution in [0.15, 0.2) is 77.0 Å². The van der Waals surface area contributed by atoms with Gasteiger partial charge in [-0.25, -0.2) is 0 Å². The number of hydrogen-bond acceptors (Lipinski definition) is 4. The zero-order valence-electron chi connectivity index (χ0n) is 14.0. The molecule has 26 heavy (non-hydrogen) atoms. The topological polar surface area (TPSA) is 58.2 Å². The summed E-state index contributed by atoms with van der Waals surface area (Å²) in [6, 6.07) is 20.6. The molecule has 2 aromatic carbocycles. The van der Waals surface area contributed by atoms with Crippen molar-refractivity contribution >= 4 is 40.6 Å². The highest BCUT2D eigenvalue weighted by molar-refractivity contribution is 7.99. The van der Waals surface area contributed by atoms with Crippen LogP contribution in [0.4, 0.5) is 5.69 Å². The Bertz CT molecular complexity index is 847. The summed E-state index contributed by atoms with van der Waals surface area (Å²) in [5, 5.41) is 7.58. The fraction of sp³-hybridized carbons (Fsp3) is 0.100. The smallest absolute Gasteiger partial charge is 0.265 e. The monoisotopic (exact) mass is 382 g/mol. The van der Waals surface area contributed by atoms with Crippen molar-refractivity contribution in [2.45, 2.75) is 4.90 Å². The van der Waals surface area contributed by atoms with E-state index in [0.717, 1.165) is 5.75 Å². The van der Waals surface area contributed by atoms with Gasteiger partial charge in [-0.15, -0.1) is 23.1 Å². The fourth-order valence-corrected chi connectivity index (χ4v) is 3.67. The van der Waals surface area contributed by atoms with Crippen LogP contribution >= 0.6 is 23.1 Å². The molecule has 0 fully saturated rings. The van der Waals surface area contributed by atoms with Gasteiger partial charge in [0.1, 0.15) is 0 Å². The molecule has 3 aromatic rings. The number of benzene rings is 2. The van der Waals surface area contributed by atoms with E-state index in [1.54, 1.807) is 42.1 Å². The van der Waals surface area contributed by atoms with E-state index < -0.39 is 0 Å². The molecule has 0 spiro atoms. The normalized spacial score (nSPS) is 10.3. The Morgan fingerprint density at radius 1 is 0.885 bits per heavy atom. The van der Waals surface area contributed by atoms with Gasteiger partial charge in [-0.05, 0) is 47.8 Å². The number of anilines is 1. The van der Waals surface area contributed by atoms with E-state index in [1.807, 2.05) is 29.6 Å². The molecule has 132 valence electrons. The molecule has 4 nitrogen and oxygen atoms in total. The van der Waals surface area contributed by atoms with E-state index in [9.17, 15) is 9.59 Å². The molecule has 2 N–H and O–H groups in total. The van der Waals surface area contributed by atoms with Crippen molar-refractivity contribution in [2.75, 3.05) is 17.6 Å². The molecule has 0 aliphatic heterocycles. The molecule has 0 aliphatic carbocycles. The molecule has 6 heteroatoms. The molecule has 0 saturated carbocycles. The zero-order valence-corrected chi connectivity index (χ0v) is 15.6. The predicted octanol–water partition coefficient (Wildman–Crippen LogP) is 4.52. The van der Waals surface area contributed by atoms with Crippen LogP contribution in [0.25, 0.3) is 0 Å². The lowest BCUT2D eigenvalue weighted by molar-refractivity contribution is 0.0955. The van der Waals surface area contributed by atoms with Crippen LogP contribution < -0.4 is 10.6 Å². The van der Waals surface area contributed by atoms with Gasteiger partial charge >= 0.3 is 0 Å². The number of nitrogens with one attached hydrogen (secondary N) is 2. The number of rotatable bonds is 7. The van der Waals surface area contributed by atoms with Gasteiger partial charge in [0, 0.05) is 28.4 Å². The summed E-state index contributed by atoms with van der Waals surface area (Å²) < 4.78 is 0. The molecule has 0 atom stereocenters. The number of thioether (sulfide) groups is 1. The molecular formula is C20H18N2O2S2. The van der Waals surface area contributed by atoms with Crippen molar-refractivity contribution in [3.63, 3.8) is 0 Å². The van der Waals surface area contributed by atoms with Crippen molar-refractivity contribution in [2.24, 2.45) is 0 Å². The summed E-state index contributed by atoms with van der Waals surface area (Å²) in [6.07, 6.45) is 0. The number of thiophene rings is 1. The summed E-state index contributed by atoms with van der Waals surface area (Å²) in [4.78, 5) is 26.0. The van der Waals surface area contributed by atoms with E-state index in [1.165, 1.54) is 16.2 Å². The van der Waals surface area contributed by atoms with Crippen LogP contribution in [0, 0.1) is 0 Å². The minimum absolute atomic E-state index is 0.116. The van der Waals surface area contributed by atoms with Crippen LogP contribution in [0.1, 0.15) is 20.0 Å². The Balaban J connectivity index is 1.45. The van der Waals surface area contributed by atoms with Crippen molar-refractivity contribution in [3.05, 3.63) is 82.6 Å². The summed E-state index contributed by atoms with van der Waals surface area (Å²) in [7, 11) is 0. The average Bonchev–Trinajstić information content (AvgIpc) is 3.21. The zero-order chi connectivity index (χ0) is 18.2. The molecule has 0 radical (unpaired) electrons. The Labute approximate surface area is 160 Å². The van der Waals surface area contributed by atoms with E-state index in [4.69, 9.17) is 0 Å². The average molecular weight is 383 g/mol. The maximum atomic E-state index is 12.2. The third kappa shape index (κ3) is 5.21. The maximum Gasteiger partial charge on any atom is 0.265 e. The highest BCUT2D eigenvalue weighted by Gasteiger charge is 2.08. The molecule has 1 heterocycles. The van der Waals surface area contributed by atoms with E-state index in [0.29, 0.717) is 22.7 Å². The van der Waals surface area contributed by atoms with Crippen molar-refractivity contribution in [1.82, 2.24) is 5.32 Å². The first kappa shape index (κ1) is 18.2. The summed E-state index contributed by atoms with van der Waals surface area (Å²) in [5.41, 5.74) is 1.24. The van der Waals surface area contributed by atoms with Gasteiger partial charge in [-0.3, -0.25) is 9.59 Å². The van der Waals surface area contributed by atoms with E-state index in [2.05, 4.69) is 22.8 Å². The highest BCUT2D eigenvalue weighted by Crippen LogP contribution is 2.16. The molecule has 0 unspecified atom stereocenters. The number of hydrogen-bond donors (Lipinski definition) is 2. The van der Waals surface area contributed by atoms with E-state index in [-0.39, 0.29) is 11.8 Å². The van der Waals surface area contributed by atoms with Gasteiger partial charge in [0.05, 0.1) is 4.88 Å². The van der Waals surface area contributed by atoms with Gasteiger partial charge in [0.15, 0.2) is 0 Å². The van der Waals surface area contributed by atoms with Crippen LogP contribution in [0.3, 0.4) is 0 Å². The Hall–Kier alpha value is -2.57. The predicted molar refractivity (Wildman–Crippen MR) is 108 cm³/mol. The maximum absolute atomic E-state index is 12.2. The first-order valence-corrected chi connectivity index (χ1v) is 10.00. The lowest BCUT2D eigenvalue weighted by atomic mass is 10.2. The Morgan fingerprint density at radius 3 is 2.35 bits per heavy atom. The summed E-state index contributed by atoms with van der Waals surface area (Å²) in [6.45, 7) is 0.593. The van der Waals surface area contributed by atoms with Gasteiger partial charge in [0.2, 0.25) is 0 Å². The minimum Gasteiger partial charge on any atom is -0.351 e. The largest absolute Gasteiger partial charge is 0.351 e. The van der Waals surface area contributed by atoms with Crippen LogP contribution in [0.2, 0.25) is 0 Å². The second-order valence-corrected chi connectivity index (χ2v) is 7.54. The molecule has 3 rings (SSSR count). The fourth-order valence-electron chi connectivity index (χ4n) is 2.26. The van der Waals surface area contributed by atoms with Crippen molar-refractivity contribution in [1.29, 1.82) is 0 Å². The van der Waals surface area contributed by atoms with Crippen molar-refractivity contribution in [3.8, 4) is 0 Å². The SMILES string of the molecule is O=C(NCCSc1ccccc1)c1ccc(NC(=O)c2cccs2)cc1. The third-order valence-electron chi connectivity index (χ3n) is 3.55. The Kier molecular flexibility index (Phi) is 6.46. The first-order valence-electron chi connectivity index (χ1n) is 8.13. The molecule has 1 aromatic heterocycles. The number of carbonyl (C=O) groups excluding carboxylic acids is 2. The van der Waals surface area contributed by atoms with Crippen LogP contribution in [0.5, 0.6) is 0 Å². The Morgan fingerprint density at radius 2 is 1.65 bits per heavy atom. The standard InChI is InChI=1S/C20H18N2O2S2/c23-19(21-12-14-25-17-5-2-1-3-6-17)15-8-10-16(11-9-15)22-20(24)18-7-4-13-26-18/h1-11,13H,12,14H2,(H,21,23)(H,22,24). The molecule has 0 bridgehead atoms. The second-order valence-electron chi connectivity index (χ2n) is 5.43. The summed E-state index contributed by atoms with van der Waals surface area (Å²) in [5.74, 6) is 0.551. The van der Waals surface area contributed by atoms with Crippen LogP contribution in [-0.2, 0) is 0 Å². The third-order valence-corrected chi connectivity index (χ3v) is 5.43. The van der Waals surface area contributed by atoms with Gasteiger partial charge in [-0.2, -0.15) is 0 Å². The molecule has 2 amide bonds. The van der Waals surface area contributed by atoms with Gasteiger partial charge in [-0.1, -0.05) is 24.3 Å². The summed E-state index contributed by atoms with van der Waals surface area (Å²) >= 11 is 3.09. The number of carbonyl (C=O) groups is 2. The first-order chi connectivity index (χ1) is 12.7. The minimum atomic E-state index is -0.143. The van der Waals surface area contributed by atoms with E-state index >= 15 is 0 Å². The van der Waals surface area contributed by atoms with Crippen LogP contribution in [-0.4, -0.2) is 24.1 Å². The van der Waals surface area contributed by atoms with Gasteiger partial charge in [0.25, 0.3) is 11.8 Å². The van der Waals surface area contributed by atoms with Crippen molar-refractivity contribution < 1.29 is 9.59 Å². The highest BCUT2D eigenvalue weighted by atomic mass is 32.2. The quantitative estimate of drug-likeness (QED) is 0.466. The molecule has 0 saturated heterocycles. The lowest BCUT2D eigenvalue weighted by Crippen LogP contribution is -2.25. The lowest BCUT2D eigenvalue weighted by Gasteiger charge is -2.07. The number of amides is 2. The second kappa shape index (κ2) is 9.22. The molecule has 0 aliphatic rings.